The van der Waals surface area contributed by atoms with E-state index in [1.807, 2.05) is 0 Å². The van der Waals surface area contributed by atoms with Crippen LogP contribution in [-0.2, 0) is 14.6 Å². The van der Waals surface area contributed by atoms with Gasteiger partial charge in [-0.25, -0.2) is 17.9 Å². The highest BCUT2D eigenvalue weighted by Gasteiger charge is 2.12. The topological polar surface area (TPSA) is 91.2 Å². The van der Waals surface area contributed by atoms with Gasteiger partial charge in [0.2, 0.25) is 0 Å². The summed E-state index contributed by atoms with van der Waals surface area (Å²) < 4.78 is 28.5. The van der Waals surface area contributed by atoms with E-state index in [9.17, 15) is 13.2 Å². The van der Waals surface area contributed by atoms with Gasteiger partial charge < -0.3 is 4.74 Å². The number of carbonyl (C=O) groups excluding carboxylic acids is 1. The second-order valence-electron chi connectivity index (χ2n) is 3.81. The standard InChI is InChI=1S/C11H11N3O4S/c1-18-11(15)10-7-14(13-12-10)8-3-5-9(6-4-8)19(2,16)17/h3-7H,1-2H3. The fourth-order valence-electron chi connectivity index (χ4n) is 1.43. The van der Waals surface area contributed by atoms with Gasteiger partial charge in [0.1, 0.15) is 0 Å². The van der Waals surface area contributed by atoms with Crippen LogP contribution in [0.25, 0.3) is 5.69 Å². The molecule has 0 aliphatic rings. The first-order valence-electron chi connectivity index (χ1n) is 5.23. The summed E-state index contributed by atoms with van der Waals surface area (Å²) in [5, 5.41) is 7.42. The Hall–Kier alpha value is -2.22. The molecule has 0 fully saturated rings. The van der Waals surface area contributed by atoms with Gasteiger partial charge in [-0.05, 0) is 24.3 Å². The molecule has 2 aromatic rings. The smallest absolute Gasteiger partial charge is 0.360 e. The molecule has 0 aliphatic carbocycles. The lowest BCUT2D eigenvalue weighted by atomic mass is 10.3. The minimum Gasteiger partial charge on any atom is -0.464 e. The highest BCUT2D eigenvalue weighted by molar-refractivity contribution is 7.90. The molecule has 0 atom stereocenters. The van der Waals surface area contributed by atoms with E-state index in [0.717, 1.165) is 6.26 Å². The van der Waals surface area contributed by atoms with E-state index in [2.05, 4.69) is 15.0 Å². The predicted octanol–water partition coefficient (Wildman–Crippen LogP) is 0.457. The van der Waals surface area contributed by atoms with E-state index in [4.69, 9.17) is 0 Å². The van der Waals surface area contributed by atoms with Crippen molar-refractivity contribution in [3.05, 3.63) is 36.2 Å². The number of methoxy groups -OCH3 is 1. The molecule has 0 unspecified atom stereocenters. The van der Waals surface area contributed by atoms with Gasteiger partial charge in [-0.15, -0.1) is 5.10 Å². The summed E-state index contributed by atoms with van der Waals surface area (Å²) in [6.45, 7) is 0. The minimum atomic E-state index is -3.23. The fraction of sp³-hybridized carbons (Fsp3) is 0.182. The van der Waals surface area contributed by atoms with Crippen molar-refractivity contribution in [1.29, 1.82) is 0 Å². The van der Waals surface area contributed by atoms with E-state index in [-0.39, 0.29) is 10.6 Å². The third-order valence-electron chi connectivity index (χ3n) is 2.42. The maximum atomic E-state index is 11.3. The highest BCUT2D eigenvalue weighted by atomic mass is 32.2. The van der Waals surface area contributed by atoms with Gasteiger partial charge in [-0.1, -0.05) is 5.21 Å². The predicted molar refractivity (Wildman–Crippen MR) is 65.8 cm³/mol. The number of hydrogen-bond acceptors (Lipinski definition) is 6. The zero-order valence-corrected chi connectivity index (χ0v) is 11.1. The van der Waals surface area contributed by atoms with Gasteiger partial charge in [0.25, 0.3) is 0 Å². The number of aromatic nitrogens is 3. The largest absolute Gasteiger partial charge is 0.464 e. The van der Waals surface area contributed by atoms with Crippen molar-refractivity contribution in [1.82, 2.24) is 15.0 Å². The van der Waals surface area contributed by atoms with Crippen molar-refractivity contribution < 1.29 is 17.9 Å². The van der Waals surface area contributed by atoms with Crippen molar-refractivity contribution in [3.8, 4) is 5.69 Å². The van der Waals surface area contributed by atoms with Gasteiger partial charge in [0, 0.05) is 6.26 Å². The van der Waals surface area contributed by atoms with Crippen LogP contribution in [0, 0.1) is 0 Å². The van der Waals surface area contributed by atoms with E-state index in [1.165, 1.54) is 30.1 Å². The van der Waals surface area contributed by atoms with E-state index in [0.29, 0.717) is 5.69 Å². The molecule has 100 valence electrons. The Labute approximate surface area is 109 Å². The summed E-state index contributed by atoms with van der Waals surface area (Å²) in [7, 11) is -1.98. The molecule has 19 heavy (non-hydrogen) atoms. The van der Waals surface area contributed by atoms with Crippen LogP contribution in [0.5, 0.6) is 0 Å². The summed E-state index contributed by atoms with van der Waals surface area (Å²) in [6, 6.07) is 6.08. The number of rotatable bonds is 3. The lowest BCUT2D eigenvalue weighted by Gasteiger charge is -2.01. The Bertz CT molecular complexity index is 704. The van der Waals surface area contributed by atoms with Crippen LogP contribution in [0.2, 0.25) is 0 Å². The number of ether oxygens (including phenoxy) is 1. The molecule has 7 nitrogen and oxygen atoms in total. The second-order valence-corrected chi connectivity index (χ2v) is 5.82. The fourth-order valence-corrected chi connectivity index (χ4v) is 2.06. The van der Waals surface area contributed by atoms with Crippen molar-refractivity contribution in [2.45, 2.75) is 4.90 Å². The Morgan fingerprint density at radius 3 is 2.42 bits per heavy atom. The summed E-state index contributed by atoms with van der Waals surface area (Å²) in [5.74, 6) is -0.584. The Morgan fingerprint density at radius 2 is 1.89 bits per heavy atom. The minimum absolute atomic E-state index is 0.0784. The van der Waals surface area contributed by atoms with Crippen molar-refractivity contribution >= 4 is 15.8 Å². The maximum Gasteiger partial charge on any atom is 0.360 e. The Balaban J connectivity index is 2.33. The van der Waals surface area contributed by atoms with E-state index in [1.54, 1.807) is 12.1 Å². The number of nitrogens with zero attached hydrogens (tertiary/aromatic N) is 3. The van der Waals surface area contributed by atoms with E-state index >= 15 is 0 Å². The molecule has 0 radical (unpaired) electrons. The summed E-state index contributed by atoms with van der Waals surface area (Å²) in [6.07, 6.45) is 2.54. The molecule has 0 amide bonds. The quantitative estimate of drug-likeness (QED) is 0.759. The molecule has 1 aromatic heterocycles. The number of carbonyl (C=O) groups is 1. The molecule has 0 saturated carbocycles. The molecule has 8 heteroatoms. The Kier molecular flexibility index (Phi) is 3.34. The van der Waals surface area contributed by atoms with Crippen molar-refractivity contribution in [2.75, 3.05) is 13.4 Å². The Morgan fingerprint density at radius 1 is 1.26 bits per heavy atom. The van der Waals surface area contributed by atoms with Crippen LogP contribution >= 0.6 is 0 Å². The summed E-state index contributed by atoms with van der Waals surface area (Å²) in [4.78, 5) is 11.4. The van der Waals surface area contributed by atoms with Gasteiger partial charge in [-0.3, -0.25) is 0 Å². The molecular formula is C11H11N3O4S. The first kappa shape index (κ1) is 13.2. The van der Waals surface area contributed by atoms with Crippen molar-refractivity contribution in [3.63, 3.8) is 0 Å². The normalized spacial score (nSPS) is 11.3. The zero-order chi connectivity index (χ0) is 14.0. The second kappa shape index (κ2) is 4.81. The number of benzene rings is 1. The zero-order valence-electron chi connectivity index (χ0n) is 10.3. The molecule has 2 rings (SSSR count). The number of sulfone groups is 1. The average Bonchev–Trinajstić information content (AvgIpc) is 2.86. The van der Waals surface area contributed by atoms with Crippen molar-refractivity contribution in [2.24, 2.45) is 0 Å². The summed E-state index contributed by atoms with van der Waals surface area (Å²) in [5.41, 5.74) is 0.671. The van der Waals surface area contributed by atoms with Gasteiger partial charge >= 0.3 is 5.97 Å². The summed E-state index contributed by atoms with van der Waals surface area (Å²) >= 11 is 0. The first-order valence-corrected chi connectivity index (χ1v) is 7.12. The molecule has 0 bridgehead atoms. The SMILES string of the molecule is COC(=O)c1cn(-c2ccc(S(C)(=O)=O)cc2)nn1. The molecule has 1 aromatic carbocycles. The monoisotopic (exact) mass is 281 g/mol. The third-order valence-corrected chi connectivity index (χ3v) is 3.55. The highest BCUT2D eigenvalue weighted by Crippen LogP contribution is 2.13. The maximum absolute atomic E-state index is 11.3. The number of esters is 1. The molecule has 0 N–H and O–H groups in total. The third kappa shape index (κ3) is 2.79. The van der Waals surface area contributed by atoms with Gasteiger partial charge in [-0.2, -0.15) is 0 Å². The van der Waals surface area contributed by atoms with E-state index < -0.39 is 15.8 Å². The lowest BCUT2D eigenvalue weighted by Crippen LogP contribution is -2.01. The van der Waals surface area contributed by atoms with Crippen LogP contribution < -0.4 is 0 Å². The van der Waals surface area contributed by atoms with Crippen LogP contribution in [0.3, 0.4) is 0 Å². The molecule has 0 saturated heterocycles. The van der Waals surface area contributed by atoms with Crippen LogP contribution in [0.4, 0.5) is 0 Å². The van der Waals surface area contributed by atoms with Gasteiger partial charge in [0.05, 0.1) is 23.9 Å². The molecular weight excluding hydrogens is 270 g/mol. The lowest BCUT2D eigenvalue weighted by molar-refractivity contribution is 0.0594. The average molecular weight is 281 g/mol. The molecule has 1 heterocycles. The van der Waals surface area contributed by atoms with Crippen LogP contribution in [-0.4, -0.2) is 42.7 Å². The molecule has 0 aliphatic heterocycles. The molecule has 0 spiro atoms. The van der Waals surface area contributed by atoms with Gasteiger partial charge in [0.15, 0.2) is 15.5 Å². The van der Waals surface area contributed by atoms with Crippen LogP contribution in [0.15, 0.2) is 35.4 Å². The first-order chi connectivity index (χ1) is 8.91. The van der Waals surface area contributed by atoms with Crippen LogP contribution in [0.1, 0.15) is 10.5 Å². The number of hydrogen-bond donors (Lipinski definition) is 0.